The fraction of sp³-hybridized carbons (Fsp3) is 0.500. The van der Waals surface area contributed by atoms with Crippen molar-refractivity contribution in [3.8, 4) is 0 Å². The molecule has 64 valence electrons. The first-order valence-electron chi connectivity index (χ1n) is 4.43. The molecule has 1 fully saturated rings. The second-order valence-electron chi connectivity index (χ2n) is 3.30. The molecule has 0 bridgehead atoms. The number of hydrogen-bond acceptors (Lipinski definition) is 2. The maximum atomic E-state index is 11.2. The highest BCUT2D eigenvalue weighted by Gasteiger charge is 2.31. The van der Waals surface area contributed by atoms with E-state index >= 15 is 0 Å². The molecular formula is C10H12O2. The van der Waals surface area contributed by atoms with E-state index in [1.807, 2.05) is 12.2 Å². The van der Waals surface area contributed by atoms with Crippen molar-refractivity contribution in [2.24, 2.45) is 5.92 Å². The quantitative estimate of drug-likeness (QED) is 0.585. The Balaban J connectivity index is 1.88. The lowest BCUT2D eigenvalue weighted by Gasteiger charge is -2.08. The van der Waals surface area contributed by atoms with E-state index in [-0.39, 0.29) is 11.9 Å². The van der Waals surface area contributed by atoms with Gasteiger partial charge in [-0.1, -0.05) is 12.2 Å². The molecule has 2 nitrogen and oxygen atoms in total. The van der Waals surface area contributed by atoms with Crippen LogP contribution in [0.3, 0.4) is 0 Å². The van der Waals surface area contributed by atoms with Crippen LogP contribution in [0.1, 0.15) is 25.7 Å². The van der Waals surface area contributed by atoms with Gasteiger partial charge in [-0.2, -0.15) is 0 Å². The highest BCUT2D eigenvalue weighted by molar-refractivity contribution is 5.76. The lowest BCUT2D eigenvalue weighted by atomic mass is 10.2. The number of allylic oxidation sites excluding steroid dienone is 4. The second-order valence-corrected chi connectivity index (χ2v) is 3.30. The van der Waals surface area contributed by atoms with Crippen molar-refractivity contribution in [3.05, 3.63) is 24.0 Å². The third-order valence-corrected chi connectivity index (χ3v) is 2.12. The van der Waals surface area contributed by atoms with Crippen LogP contribution in [0.4, 0.5) is 0 Å². The summed E-state index contributed by atoms with van der Waals surface area (Å²) in [4.78, 5) is 11.2. The maximum Gasteiger partial charge on any atom is 0.314 e. The highest BCUT2D eigenvalue weighted by Crippen LogP contribution is 2.31. The Morgan fingerprint density at radius 2 is 2.33 bits per heavy atom. The summed E-state index contributed by atoms with van der Waals surface area (Å²) in [5.41, 5.74) is 0. The van der Waals surface area contributed by atoms with E-state index in [4.69, 9.17) is 4.74 Å². The van der Waals surface area contributed by atoms with Gasteiger partial charge in [-0.3, -0.25) is 4.79 Å². The van der Waals surface area contributed by atoms with Crippen molar-refractivity contribution in [2.75, 3.05) is 0 Å². The molecule has 0 saturated heterocycles. The minimum Gasteiger partial charge on any atom is -0.431 e. The lowest BCUT2D eigenvalue weighted by Crippen LogP contribution is -2.06. The average Bonchev–Trinajstić information content (AvgIpc) is 2.88. The topological polar surface area (TPSA) is 26.3 Å². The lowest BCUT2D eigenvalue weighted by molar-refractivity contribution is -0.141. The standard InChI is InChI=1S/C10H12O2/c11-10(8-6-7-8)12-9-4-2-1-3-5-9/h1-2,4,8H,3,5-7H2. The Morgan fingerprint density at radius 3 is 2.92 bits per heavy atom. The van der Waals surface area contributed by atoms with E-state index in [0.717, 1.165) is 31.4 Å². The molecule has 0 unspecified atom stereocenters. The van der Waals surface area contributed by atoms with Gasteiger partial charge in [0.05, 0.1) is 5.92 Å². The van der Waals surface area contributed by atoms with Crippen LogP contribution in [0.15, 0.2) is 24.0 Å². The predicted molar refractivity (Wildman–Crippen MR) is 45.3 cm³/mol. The number of carbonyl (C=O) groups is 1. The molecule has 0 aromatic heterocycles. The Kier molecular flexibility index (Phi) is 1.98. The molecule has 0 aromatic rings. The summed E-state index contributed by atoms with van der Waals surface area (Å²) >= 11 is 0. The molecule has 2 aliphatic carbocycles. The van der Waals surface area contributed by atoms with Gasteiger partial charge in [0.1, 0.15) is 5.76 Å². The van der Waals surface area contributed by atoms with Crippen LogP contribution in [-0.2, 0) is 9.53 Å². The summed E-state index contributed by atoms with van der Waals surface area (Å²) in [7, 11) is 0. The zero-order chi connectivity index (χ0) is 8.39. The summed E-state index contributed by atoms with van der Waals surface area (Å²) in [5, 5.41) is 0. The van der Waals surface area contributed by atoms with Gasteiger partial charge < -0.3 is 4.74 Å². The first-order chi connectivity index (χ1) is 5.86. The normalized spacial score (nSPS) is 21.8. The summed E-state index contributed by atoms with van der Waals surface area (Å²) < 4.78 is 5.19. The molecule has 0 aliphatic heterocycles. The molecule has 0 spiro atoms. The zero-order valence-electron chi connectivity index (χ0n) is 6.95. The van der Waals surface area contributed by atoms with Crippen LogP contribution in [0, 0.1) is 5.92 Å². The first kappa shape index (κ1) is 7.59. The van der Waals surface area contributed by atoms with E-state index < -0.39 is 0 Å². The summed E-state index contributed by atoms with van der Waals surface area (Å²) in [5.74, 6) is 1.00. The second kappa shape index (κ2) is 3.13. The molecule has 2 rings (SSSR count). The fourth-order valence-corrected chi connectivity index (χ4v) is 1.20. The summed E-state index contributed by atoms with van der Waals surface area (Å²) in [6, 6.07) is 0. The van der Waals surface area contributed by atoms with Crippen molar-refractivity contribution in [3.63, 3.8) is 0 Å². The minimum absolute atomic E-state index is 0.0310. The Labute approximate surface area is 71.9 Å². The number of carbonyl (C=O) groups excluding carboxylic acids is 1. The van der Waals surface area contributed by atoms with E-state index in [0.29, 0.717) is 0 Å². The molecule has 0 N–H and O–H groups in total. The smallest absolute Gasteiger partial charge is 0.314 e. The zero-order valence-corrected chi connectivity index (χ0v) is 6.95. The number of rotatable bonds is 2. The van der Waals surface area contributed by atoms with E-state index in [1.165, 1.54) is 0 Å². The molecule has 0 aromatic carbocycles. The van der Waals surface area contributed by atoms with Gasteiger partial charge in [0.15, 0.2) is 0 Å². The molecule has 1 saturated carbocycles. The molecule has 2 heteroatoms. The molecule has 0 atom stereocenters. The fourth-order valence-electron chi connectivity index (χ4n) is 1.20. The molecule has 2 aliphatic rings. The SMILES string of the molecule is O=C(OC1=CC=CCC1)C1CC1. The van der Waals surface area contributed by atoms with Crippen molar-refractivity contribution in [1.29, 1.82) is 0 Å². The number of ether oxygens (including phenoxy) is 1. The average molecular weight is 164 g/mol. The van der Waals surface area contributed by atoms with Crippen LogP contribution >= 0.6 is 0 Å². The Morgan fingerprint density at radius 1 is 1.50 bits per heavy atom. The van der Waals surface area contributed by atoms with Crippen molar-refractivity contribution >= 4 is 5.97 Å². The molecule has 12 heavy (non-hydrogen) atoms. The van der Waals surface area contributed by atoms with Gasteiger partial charge in [-0.15, -0.1) is 0 Å². The van der Waals surface area contributed by atoms with Gasteiger partial charge in [0, 0.05) is 6.42 Å². The number of hydrogen-bond donors (Lipinski definition) is 0. The van der Waals surface area contributed by atoms with Crippen LogP contribution in [-0.4, -0.2) is 5.97 Å². The monoisotopic (exact) mass is 164 g/mol. The molecule has 0 amide bonds. The van der Waals surface area contributed by atoms with Crippen molar-refractivity contribution in [2.45, 2.75) is 25.7 Å². The van der Waals surface area contributed by atoms with Crippen LogP contribution in [0.2, 0.25) is 0 Å². The molecule has 0 radical (unpaired) electrons. The van der Waals surface area contributed by atoms with Gasteiger partial charge in [0.2, 0.25) is 0 Å². The largest absolute Gasteiger partial charge is 0.431 e. The Bertz CT molecular complexity index is 247. The number of esters is 1. The predicted octanol–water partition coefficient (Wildman–Crippen LogP) is 2.17. The first-order valence-corrected chi connectivity index (χ1v) is 4.43. The third kappa shape index (κ3) is 1.76. The summed E-state index contributed by atoms with van der Waals surface area (Å²) in [6.07, 6.45) is 9.79. The summed E-state index contributed by atoms with van der Waals surface area (Å²) in [6.45, 7) is 0. The van der Waals surface area contributed by atoms with Gasteiger partial charge in [0.25, 0.3) is 0 Å². The third-order valence-electron chi connectivity index (χ3n) is 2.12. The van der Waals surface area contributed by atoms with Crippen LogP contribution in [0.25, 0.3) is 0 Å². The minimum atomic E-state index is -0.0310. The van der Waals surface area contributed by atoms with E-state index in [1.54, 1.807) is 0 Å². The van der Waals surface area contributed by atoms with E-state index in [9.17, 15) is 4.79 Å². The Hall–Kier alpha value is -1.05. The maximum absolute atomic E-state index is 11.2. The highest BCUT2D eigenvalue weighted by atomic mass is 16.5. The van der Waals surface area contributed by atoms with Crippen molar-refractivity contribution in [1.82, 2.24) is 0 Å². The van der Waals surface area contributed by atoms with E-state index in [2.05, 4.69) is 6.08 Å². The van der Waals surface area contributed by atoms with Gasteiger partial charge in [-0.25, -0.2) is 0 Å². The van der Waals surface area contributed by atoms with Crippen LogP contribution < -0.4 is 0 Å². The van der Waals surface area contributed by atoms with Crippen molar-refractivity contribution < 1.29 is 9.53 Å². The van der Waals surface area contributed by atoms with Gasteiger partial charge in [-0.05, 0) is 25.3 Å². The van der Waals surface area contributed by atoms with Crippen LogP contribution in [0.5, 0.6) is 0 Å². The molecular weight excluding hydrogens is 152 g/mol. The molecule has 0 heterocycles. The van der Waals surface area contributed by atoms with Gasteiger partial charge >= 0.3 is 5.97 Å².